The summed E-state index contributed by atoms with van der Waals surface area (Å²) in [5.74, 6) is 0.336. The van der Waals surface area contributed by atoms with Crippen LogP contribution in [0.5, 0.6) is 0 Å². The highest BCUT2D eigenvalue weighted by Crippen LogP contribution is 2.33. The first-order chi connectivity index (χ1) is 12.9. The molecular formula is C18H11BrIN3O4. The van der Waals surface area contributed by atoms with Gasteiger partial charge in [-0.2, -0.15) is 5.10 Å². The van der Waals surface area contributed by atoms with Gasteiger partial charge in [-0.1, -0.05) is 15.9 Å². The molecular weight excluding hydrogens is 529 g/mol. The second kappa shape index (κ2) is 8.44. The van der Waals surface area contributed by atoms with Gasteiger partial charge in [-0.05, 0) is 71.1 Å². The van der Waals surface area contributed by atoms with Crippen molar-refractivity contribution in [3.63, 3.8) is 0 Å². The Morgan fingerprint density at radius 1 is 1.19 bits per heavy atom. The summed E-state index contributed by atoms with van der Waals surface area (Å²) in [5, 5.41) is 15.1. The number of nitro benzene ring substituents is 1. The number of hydrogen-bond acceptors (Lipinski definition) is 5. The molecule has 0 aliphatic heterocycles. The predicted molar refractivity (Wildman–Crippen MR) is 113 cm³/mol. The number of nitro groups is 1. The fourth-order valence-corrected chi connectivity index (χ4v) is 2.96. The second-order valence-corrected chi connectivity index (χ2v) is 7.49. The molecule has 3 rings (SSSR count). The van der Waals surface area contributed by atoms with Crippen LogP contribution in [0.3, 0.4) is 0 Å². The standard InChI is InChI=1S/C18H11BrIN3O4/c19-12-3-7-15(16(9-12)23(25)26)17-8-6-14(27-17)10-21-22-18(24)11-1-4-13(20)5-2-11/h1-10H,(H,22,24)/b21-10-. The van der Waals surface area contributed by atoms with Crippen molar-refractivity contribution < 1.29 is 14.1 Å². The minimum absolute atomic E-state index is 0.0748. The predicted octanol–water partition coefficient (Wildman–Crippen LogP) is 4.99. The first kappa shape index (κ1) is 19.2. The Kier molecular flexibility index (Phi) is 6.01. The number of hydrogen-bond donors (Lipinski definition) is 1. The largest absolute Gasteiger partial charge is 0.455 e. The van der Waals surface area contributed by atoms with Gasteiger partial charge in [0.25, 0.3) is 11.6 Å². The minimum Gasteiger partial charge on any atom is -0.455 e. The molecule has 0 bridgehead atoms. The third kappa shape index (κ3) is 4.80. The van der Waals surface area contributed by atoms with Crippen LogP contribution in [0.15, 0.2) is 68.6 Å². The van der Waals surface area contributed by atoms with Crippen LogP contribution in [0.2, 0.25) is 0 Å². The molecule has 1 aromatic heterocycles. The van der Waals surface area contributed by atoms with Gasteiger partial charge in [0.15, 0.2) is 0 Å². The number of hydrazone groups is 1. The van der Waals surface area contributed by atoms with E-state index in [4.69, 9.17) is 4.42 Å². The summed E-state index contributed by atoms with van der Waals surface area (Å²) in [6.07, 6.45) is 1.33. The maximum atomic E-state index is 12.0. The zero-order valence-electron chi connectivity index (χ0n) is 13.6. The van der Waals surface area contributed by atoms with E-state index in [1.54, 1.807) is 36.4 Å². The van der Waals surface area contributed by atoms with Crippen molar-refractivity contribution in [1.29, 1.82) is 0 Å². The first-order valence-corrected chi connectivity index (χ1v) is 9.44. The fourth-order valence-electron chi connectivity index (χ4n) is 2.25. The Morgan fingerprint density at radius 3 is 2.63 bits per heavy atom. The Bertz CT molecular complexity index is 1030. The zero-order chi connectivity index (χ0) is 19.4. The van der Waals surface area contributed by atoms with Crippen molar-refractivity contribution in [2.75, 3.05) is 0 Å². The maximum Gasteiger partial charge on any atom is 0.281 e. The van der Waals surface area contributed by atoms with E-state index in [0.29, 0.717) is 27.1 Å². The normalized spacial score (nSPS) is 10.9. The monoisotopic (exact) mass is 539 g/mol. The zero-order valence-corrected chi connectivity index (χ0v) is 17.3. The molecule has 9 heteroatoms. The minimum atomic E-state index is -0.475. The number of furan rings is 1. The van der Waals surface area contributed by atoms with Crippen molar-refractivity contribution in [2.24, 2.45) is 5.10 Å². The molecule has 27 heavy (non-hydrogen) atoms. The Labute approximate surface area is 175 Å². The van der Waals surface area contributed by atoms with Gasteiger partial charge in [0, 0.05) is 19.7 Å². The number of rotatable bonds is 5. The van der Waals surface area contributed by atoms with Crippen molar-refractivity contribution in [1.82, 2.24) is 5.43 Å². The number of amides is 1. The van der Waals surface area contributed by atoms with E-state index >= 15 is 0 Å². The highest BCUT2D eigenvalue weighted by Gasteiger charge is 2.18. The Morgan fingerprint density at radius 2 is 1.93 bits per heavy atom. The summed E-state index contributed by atoms with van der Waals surface area (Å²) in [5.41, 5.74) is 3.17. The van der Waals surface area contributed by atoms with Gasteiger partial charge in [0.1, 0.15) is 11.5 Å². The number of nitrogens with zero attached hydrogens (tertiary/aromatic N) is 2. The average molecular weight is 540 g/mol. The summed E-state index contributed by atoms with van der Waals surface area (Å²) in [6.45, 7) is 0. The molecule has 0 atom stereocenters. The summed E-state index contributed by atoms with van der Waals surface area (Å²) in [7, 11) is 0. The van der Waals surface area contributed by atoms with Crippen LogP contribution in [0, 0.1) is 13.7 Å². The van der Waals surface area contributed by atoms with Crippen molar-refractivity contribution >= 4 is 56.3 Å². The number of carbonyl (C=O) groups excluding carboxylic acids is 1. The SMILES string of the molecule is O=C(N/N=C\c1ccc(-c2ccc(Br)cc2[N+](=O)[O-])o1)c1ccc(I)cc1. The Balaban J connectivity index is 1.73. The van der Waals surface area contributed by atoms with Crippen LogP contribution in [-0.4, -0.2) is 17.0 Å². The van der Waals surface area contributed by atoms with Gasteiger partial charge in [0.2, 0.25) is 0 Å². The highest BCUT2D eigenvalue weighted by molar-refractivity contribution is 14.1. The molecule has 0 spiro atoms. The van der Waals surface area contributed by atoms with E-state index in [1.807, 2.05) is 12.1 Å². The average Bonchev–Trinajstić information content (AvgIpc) is 3.10. The molecule has 1 heterocycles. The van der Waals surface area contributed by atoms with Crippen LogP contribution in [0.4, 0.5) is 5.69 Å². The molecule has 2 aromatic carbocycles. The highest BCUT2D eigenvalue weighted by atomic mass is 127. The summed E-state index contributed by atoms with van der Waals surface area (Å²) in [6, 6.07) is 15.0. The van der Waals surface area contributed by atoms with Gasteiger partial charge >= 0.3 is 0 Å². The van der Waals surface area contributed by atoms with Gasteiger partial charge in [-0.25, -0.2) is 5.43 Å². The van der Waals surface area contributed by atoms with Crippen molar-refractivity contribution in [2.45, 2.75) is 0 Å². The third-order valence-corrected chi connectivity index (χ3v) is 4.73. The molecule has 1 amide bonds. The van der Waals surface area contributed by atoms with E-state index < -0.39 is 4.92 Å². The molecule has 0 saturated carbocycles. The number of nitrogens with one attached hydrogen (secondary N) is 1. The first-order valence-electron chi connectivity index (χ1n) is 7.57. The maximum absolute atomic E-state index is 12.0. The molecule has 0 aliphatic carbocycles. The molecule has 0 aliphatic rings. The number of benzene rings is 2. The van der Waals surface area contributed by atoms with Crippen molar-refractivity contribution in [3.8, 4) is 11.3 Å². The van der Waals surface area contributed by atoms with Crippen LogP contribution >= 0.6 is 38.5 Å². The van der Waals surface area contributed by atoms with Gasteiger partial charge in [-0.3, -0.25) is 14.9 Å². The van der Waals surface area contributed by atoms with Crippen LogP contribution < -0.4 is 5.43 Å². The van der Waals surface area contributed by atoms with Gasteiger partial charge in [0.05, 0.1) is 16.7 Å². The molecule has 7 nitrogen and oxygen atoms in total. The van der Waals surface area contributed by atoms with Crippen LogP contribution in [0.1, 0.15) is 16.1 Å². The molecule has 0 fully saturated rings. The summed E-state index contributed by atoms with van der Waals surface area (Å²) < 4.78 is 7.21. The molecule has 0 saturated heterocycles. The van der Waals surface area contributed by atoms with Gasteiger partial charge in [-0.15, -0.1) is 0 Å². The lowest BCUT2D eigenvalue weighted by molar-refractivity contribution is -0.384. The molecule has 136 valence electrons. The second-order valence-electron chi connectivity index (χ2n) is 5.33. The lowest BCUT2D eigenvalue weighted by Gasteiger charge is -2.00. The van der Waals surface area contributed by atoms with E-state index in [-0.39, 0.29) is 11.6 Å². The van der Waals surface area contributed by atoms with E-state index in [1.165, 1.54) is 12.3 Å². The summed E-state index contributed by atoms with van der Waals surface area (Å²) >= 11 is 5.37. The topological polar surface area (TPSA) is 97.7 Å². The lowest BCUT2D eigenvalue weighted by atomic mass is 10.1. The molecule has 0 unspecified atom stereocenters. The van der Waals surface area contributed by atoms with Crippen LogP contribution in [0.25, 0.3) is 11.3 Å². The number of carbonyl (C=O) groups is 1. The van der Waals surface area contributed by atoms with Crippen LogP contribution in [-0.2, 0) is 0 Å². The van der Waals surface area contributed by atoms with E-state index in [9.17, 15) is 14.9 Å². The number of halogens is 2. The molecule has 1 N–H and O–H groups in total. The van der Waals surface area contributed by atoms with Gasteiger partial charge < -0.3 is 4.42 Å². The Hall–Kier alpha value is -2.53. The third-order valence-electron chi connectivity index (χ3n) is 3.51. The molecule has 3 aromatic rings. The van der Waals surface area contributed by atoms with E-state index in [0.717, 1.165) is 3.57 Å². The fraction of sp³-hybridized carbons (Fsp3) is 0. The quantitative estimate of drug-likeness (QED) is 0.214. The van der Waals surface area contributed by atoms with E-state index in [2.05, 4.69) is 49.0 Å². The summed E-state index contributed by atoms with van der Waals surface area (Å²) in [4.78, 5) is 22.7. The lowest BCUT2D eigenvalue weighted by Crippen LogP contribution is -2.17. The van der Waals surface area contributed by atoms with Crippen molar-refractivity contribution in [3.05, 3.63) is 84.1 Å². The molecule has 0 radical (unpaired) electrons. The smallest absolute Gasteiger partial charge is 0.281 e.